The molecule has 78 valence electrons. The summed E-state index contributed by atoms with van der Waals surface area (Å²) in [6, 6.07) is 4.67. The van der Waals surface area contributed by atoms with Crippen molar-refractivity contribution in [3.05, 3.63) is 29.6 Å². The van der Waals surface area contributed by atoms with Crippen molar-refractivity contribution in [3.8, 4) is 5.75 Å². The summed E-state index contributed by atoms with van der Waals surface area (Å²) >= 11 is 0. The Hall–Kier alpha value is -1.09. The van der Waals surface area contributed by atoms with Crippen LogP contribution in [-0.2, 0) is 5.41 Å². The zero-order valence-electron chi connectivity index (χ0n) is 8.80. The average Bonchev–Trinajstić information content (AvgIpc) is 2.16. The molecule has 0 unspecified atom stereocenters. The normalized spacial score (nSPS) is 11.5. The second kappa shape index (κ2) is 3.96. The molecule has 1 rings (SSSR count). The third kappa shape index (κ3) is 2.23. The fourth-order valence-corrected chi connectivity index (χ4v) is 1.19. The number of nitrogens with two attached hydrogens (primary N) is 1. The lowest BCUT2D eigenvalue weighted by Gasteiger charge is -2.23. The Bertz CT molecular complexity index is 323. The molecule has 1 aromatic rings. The van der Waals surface area contributed by atoms with Crippen LogP contribution in [0.25, 0.3) is 0 Å². The van der Waals surface area contributed by atoms with Crippen molar-refractivity contribution in [2.24, 2.45) is 5.73 Å². The van der Waals surface area contributed by atoms with Crippen LogP contribution in [0, 0.1) is 5.82 Å². The minimum absolute atomic E-state index is 0.227. The highest BCUT2D eigenvalue weighted by Crippen LogP contribution is 2.26. The van der Waals surface area contributed by atoms with Crippen LogP contribution in [0.5, 0.6) is 5.75 Å². The van der Waals surface area contributed by atoms with Gasteiger partial charge in [-0.25, -0.2) is 4.39 Å². The molecular weight excluding hydrogens is 181 g/mol. The second-order valence-electron chi connectivity index (χ2n) is 3.97. The summed E-state index contributed by atoms with van der Waals surface area (Å²) in [6.07, 6.45) is 0. The maximum atomic E-state index is 13.2. The Labute approximate surface area is 83.9 Å². The summed E-state index contributed by atoms with van der Waals surface area (Å²) in [6.45, 7) is 4.42. The Balaban J connectivity index is 3.15. The van der Waals surface area contributed by atoms with E-state index >= 15 is 0 Å². The van der Waals surface area contributed by atoms with Gasteiger partial charge in [0.1, 0.15) is 11.6 Å². The number of rotatable bonds is 3. The van der Waals surface area contributed by atoms with Crippen molar-refractivity contribution >= 4 is 0 Å². The monoisotopic (exact) mass is 197 g/mol. The standard InChI is InChI=1S/C11H16FNO/c1-11(2,7-13)8-4-9(12)6-10(5-8)14-3/h4-6H,7,13H2,1-3H3. The van der Waals surface area contributed by atoms with Crippen LogP contribution in [0.1, 0.15) is 19.4 Å². The van der Waals surface area contributed by atoms with Gasteiger partial charge in [0, 0.05) is 18.0 Å². The van der Waals surface area contributed by atoms with E-state index in [1.54, 1.807) is 0 Å². The van der Waals surface area contributed by atoms with Crippen molar-refractivity contribution in [2.75, 3.05) is 13.7 Å². The van der Waals surface area contributed by atoms with Gasteiger partial charge < -0.3 is 10.5 Å². The van der Waals surface area contributed by atoms with Crippen LogP contribution < -0.4 is 10.5 Å². The molecule has 0 bridgehead atoms. The highest BCUT2D eigenvalue weighted by atomic mass is 19.1. The summed E-state index contributed by atoms with van der Waals surface area (Å²) in [4.78, 5) is 0. The predicted octanol–water partition coefficient (Wildman–Crippen LogP) is 2.07. The van der Waals surface area contributed by atoms with Gasteiger partial charge in [-0.15, -0.1) is 0 Å². The first-order valence-corrected chi connectivity index (χ1v) is 4.55. The summed E-state index contributed by atoms with van der Waals surface area (Å²) < 4.78 is 18.2. The van der Waals surface area contributed by atoms with Crippen LogP contribution in [0.3, 0.4) is 0 Å². The van der Waals surface area contributed by atoms with E-state index < -0.39 is 0 Å². The maximum Gasteiger partial charge on any atom is 0.127 e. The number of hydrogen-bond donors (Lipinski definition) is 1. The molecule has 0 saturated carbocycles. The van der Waals surface area contributed by atoms with Crippen molar-refractivity contribution in [3.63, 3.8) is 0 Å². The van der Waals surface area contributed by atoms with Gasteiger partial charge in [-0.1, -0.05) is 13.8 Å². The minimum Gasteiger partial charge on any atom is -0.497 e. The van der Waals surface area contributed by atoms with E-state index in [1.165, 1.54) is 19.2 Å². The molecule has 0 fully saturated rings. The van der Waals surface area contributed by atoms with E-state index in [0.717, 1.165) is 5.56 Å². The molecule has 0 saturated heterocycles. The van der Waals surface area contributed by atoms with Gasteiger partial charge in [0.05, 0.1) is 7.11 Å². The van der Waals surface area contributed by atoms with Crippen LogP contribution >= 0.6 is 0 Å². The molecule has 2 N–H and O–H groups in total. The zero-order valence-corrected chi connectivity index (χ0v) is 8.80. The van der Waals surface area contributed by atoms with Gasteiger partial charge in [0.2, 0.25) is 0 Å². The van der Waals surface area contributed by atoms with Crippen molar-refractivity contribution in [2.45, 2.75) is 19.3 Å². The first-order valence-electron chi connectivity index (χ1n) is 4.55. The fraction of sp³-hybridized carbons (Fsp3) is 0.455. The van der Waals surface area contributed by atoms with E-state index in [-0.39, 0.29) is 11.2 Å². The third-order valence-corrected chi connectivity index (χ3v) is 2.40. The summed E-state index contributed by atoms with van der Waals surface area (Å²) in [5, 5.41) is 0. The van der Waals surface area contributed by atoms with E-state index in [9.17, 15) is 4.39 Å². The third-order valence-electron chi connectivity index (χ3n) is 2.40. The molecule has 0 heterocycles. The quantitative estimate of drug-likeness (QED) is 0.805. The Morgan fingerprint density at radius 1 is 1.36 bits per heavy atom. The summed E-state index contributed by atoms with van der Waals surface area (Å²) in [5.41, 5.74) is 6.25. The molecule has 0 amide bonds. The number of methoxy groups -OCH3 is 1. The lowest BCUT2D eigenvalue weighted by Crippen LogP contribution is -2.28. The predicted molar refractivity (Wildman–Crippen MR) is 55.0 cm³/mol. The van der Waals surface area contributed by atoms with Gasteiger partial charge in [0.15, 0.2) is 0 Å². The molecule has 1 aromatic carbocycles. The van der Waals surface area contributed by atoms with E-state index in [0.29, 0.717) is 12.3 Å². The largest absolute Gasteiger partial charge is 0.497 e. The maximum absolute atomic E-state index is 13.2. The first-order chi connectivity index (χ1) is 6.49. The first kappa shape index (κ1) is 11.0. The van der Waals surface area contributed by atoms with Crippen molar-refractivity contribution in [1.29, 1.82) is 0 Å². The highest BCUT2D eigenvalue weighted by molar-refractivity contribution is 5.34. The van der Waals surface area contributed by atoms with Crippen LogP contribution in [-0.4, -0.2) is 13.7 Å². The van der Waals surface area contributed by atoms with E-state index in [4.69, 9.17) is 10.5 Å². The topological polar surface area (TPSA) is 35.2 Å². The summed E-state index contributed by atoms with van der Waals surface area (Å²) in [5.74, 6) is 0.238. The zero-order chi connectivity index (χ0) is 10.8. The number of hydrogen-bond acceptors (Lipinski definition) is 2. The molecule has 0 atom stereocenters. The fourth-order valence-electron chi connectivity index (χ4n) is 1.19. The van der Waals surface area contributed by atoms with Crippen LogP contribution in [0.4, 0.5) is 4.39 Å². The lowest BCUT2D eigenvalue weighted by atomic mass is 9.85. The highest BCUT2D eigenvalue weighted by Gasteiger charge is 2.19. The smallest absolute Gasteiger partial charge is 0.127 e. The number of halogens is 1. The number of benzene rings is 1. The molecule has 0 radical (unpaired) electrons. The Kier molecular flexibility index (Phi) is 3.11. The molecule has 0 aliphatic carbocycles. The molecule has 2 nitrogen and oxygen atoms in total. The molecule has 0 aromatic heterocycles. The van der Waals surface area contributed by atoms with Gasteiger partial charge in [-0.05, 0) is 17.7 Å². The summed E-state index contributed by atoms with van der Waals surface area (Å²) in [7, 11) is 1.52. The van der Waals surface area contributed by atoms with Gasteiger partial charge in [-0.3, -0.25) is 0 Å². The molecule has 0 spiro atoms. The molecular formula is C11H16FNO. The van der Waals surface area contributed by atoms with Crippen molar-refractivity contribution < 1.29 is 9.13 Å². The minimum atomic E-state index is -0.291. The van der Waals surface area contributed by atoms with Crippen LogP contribution in [0.2, 0.25) is 0 Å². The SMILES string of the molecule is COc1cc(F)cc(C(C)(C)CN)c1. The van der Waals surface area contributed by atoms with E-state index in [2.05, 4.69) is 0 Å². The van der Waals surface area contributed by atoms with Crippen molar-refractivity contribution in [1.82, 2.24) is 0 Å². The average molecular weight is 197 g/mol. The molecule has 14 heavy (non-hydrogen) atoms. The van der Waals surface area contributed by atoms with Gasteiger partial charge >= 0.3 is 0 Å². The Morgan fingerprint density at radius 3 is 2.50 bits per heavy atom. The second-order valence-corrected chi connectivity index (χ2v) is 3.97. The van der Waals surface area contributed by atoms with E-state index in [1.807, 2.05) is 19.9 Å². The van der Waals surface area contributed by atoms with Gasteiger partial charge in [0.25, 0.3) is 0 Å². The molecule has 3 heteroatoms. The Morgan fingerprint density at radius 2 is 2.00 bits per heavy atom. The lowest BCUT2D eigenvalue weighted by molar-refractivity contribution is 0.408. The van der Waals surface area contributed by atoms with Gasteiger partial charge in [-0.2, -0.15) is 0 Å². The number of ether oxygens (including phenoxy) is 1. The van der Waals surface area contributed by atoms with Crippen LogP contribution in [0.15, 0.2) is 18.2 Å². The molecule has 0 aliphatic rings. The molecule has 0 aliphatic heterocycles.